The Morgan fingerprint density at radius 1 is 1.00 bits per heavy atom. The summed E-state index contributed by atoms with van der Waals surface area (Å²) in [5.41, 5.74) is 1.92. The zero-order valence-electron chi connectivity index (χ0n) is 13.4. The van der Waals surface area contributed by atoms with Crippen LogP contribution in [0.5, 0.6) is 0 Å². The van der Waals surface area contributed by atoms with Gasteiger partial charge in [0.2, 0.25) is 0 Å². The fourth-order valence-corrected chi connectivity index (χ4v) is 3.12. The summed E-state index contributed by atoms with van der Waals surface area (Å²) in [7, 11) is 0. The van der Waals surface area contributed by atoms with Gasteiger partial charge in [-0.3, -0.25) is 19.5 Å². The van der Waals surface area contributed by atoms with Crippen LogP contribution in [0, 0.1) is 0 Å². The van der Waals surface area contributed by atoms with Gasteiger partial charge in [-0.1, -0.05) is 60.1 Å². The number of alkyl halides is 1. The first-order valence-electron chi connectivity index (χ1n) is 7.89. The number of aliphatic imine (C=N–C) groups is 1. The summed E-state index contributed by atoms with van der Waals surface area (Å²) in [6.45, 7) is 0.500. The maximum atomic E-state index is 12.5. The van der Waals surface area contributed by atoms with Crippen LogP contribution in [0.1, 0.15) is 11.1 Å². The molecule has 128 valence electrons. The molecule has 4 nitrogen and oxygen atoms in total. The average molecular weight is 375 g/mol. The molecule has 0 saturated carbocycles. The predicted octanol–water partition coefficient (Wildman–Crippen LogP) is 3.50. The van der Waals surface area contributed by atoms with Crippen molar-refractivity contribution in [2.24, 2.45) is 4.99 Å². The van der Waals surface area contributed by atoms with Gasteiger partial charge in [0.15, 0.2) is 5.38 Å². The van der Waals surface area contributed by atoms with E-state index in [0.717, 1.165) is 11.1 Å². The monoisotopic (exact) mass is 374 g/mol. The average Bonchev–Trinajstić information content (AvgIpc) is 2.83. The molecule has 2 aromatic carbocycles. The minimum absolute atomic E-state index is 0.0830. The summed E-state index contributed by atoms with van der Waals surface area (Å²) < 4.78 is 0. The highest BCUT2D eigenvalue weighted by Crippen LogP contribution is 2.20. The highest BCUT2D eigenvalue weighted by Gasteiger charge is 2.43. The third kappa shape index (κ3) is 3.91. The van der Waals surface area contributed by atoms with Crippen LogP contribution in [0.25, 0.3) is 0 Å². The molecular weight excluding hydrogens is 359 g/mol. The highest BCUT2D eigenvalue weighted by atomic mass is 35.5. The van der Waals surface area contributed by atoms with Gasteiger partial charge in [-0.05, 0) is 23.6 Å². The molecule has 0 N–H and O–H groups in total. The molecule has 1 atom stereocenters. The molecule has 2 aromatic rings. The number of imide groups is 1. The van der Waals surface area contributed by atoms with Crippen molar-refractivity contribution in [3.8, 4) is 0 Å². The van der Waals surface area contributed by atoms with Crippen molar-refractivity contribution in [3.05, 3.63) is 70.7 Å². The Morgan fingerprint density at radius 3 is 2.40 bits per heavy atom. The highest BCUT2D eigenvalue weighted by molar-refractivity contribution is 6.63. The molecule has 1 saturated heterocycles. The van der Waals surface area contributed by atoms with Crippen LogP contribution in [-0.2, 0) is 22.6 Å². The van der Waals surface area contributed by atoms with Gasteiger partial charge < -0.3 is 0 Å². The third-order valence-corrected chi connectivity index (χ3v) is 4.79. The minimum atomic E-state index is -1.04. The Balaban J connectivity index is 1.72. The predicted molar refractivity (Wildman–Crippen MR) is 99.1 cm³/mol. The maximum absolute atomic E-state index is 12.5. The van der Waals surface area contributed by atoms with Crippen LogP contribution >= 0.6 is 23.2 Å². The molecule has 0 bridgehead atoms. The summed E-state index contributed by atoms with van der Waals surface area (Å²) in [4.78, 5) is 30.2. The lowest BCUT2D eigenvalue weighted by molar-refractivity contribution is -0.136. The summed E-state index contributed by atoms with van der Waals surface area (Å²) in [6.07, 6.45) is 0.583. The largest absolute Gasteiger partial charge is 0.277 e. The van der Waals surface area contributed by atoms with Crippen molar-refractivity contribution >= 4 is 40.7 Å². The fourth-order valence-electron chi connectivity index (χ4n) is 2.64. The van der Waals surface area contributed by atoms with Gasteiger partial charge in [-0.2, -0.15) is 0 Å². The second-order valence-corrected chi connectivity index (χ2v) is 6.53. The Labute approximate surface area is 156 Å². The van der Waals surface area contributed by atoms with E-state index in [1.54, 1.807) is 6.07 Å². The first-order chi connectivity index (χ1) is 12.1. The lowest BCUT2D eigenvalue weighted by atomic mass is 10.1. The standard InChI is InChI=1S/C19H16Cl2N2O2/c20-15-9-5-4-8-14(15)12-22-17-16(21)18(24)23(19(17)25)11-10-13-6-2-1-3-7-13/h1-9,16H,10-12H2. The van der Waals surface area contributed by atoms with Gasteiger partial charge >= 0.3 is 0 Å². The van der Waals surface area contributed by atoms with Gasteiger partial charge in [0.05, 0.1) is 6.54 Å². The number of nitrogens with zero attached hydrogens (tertiary/aromatic N) is 2. The SMILES string of the molecule is O=C1C(=NCc2ccccc2Cl)C(Cl)C(=O)N1CCc1ccccc1. The Hall–Kier alpha value is -2.17. The molecule has 6 heteroatoms. The quantitative estimate of drug-likeness (QED) is 0.593. The van der Waals surface area contributed by atoms with E-state index in [9.17, 15) is 9.59 Å². The molecule has 25 heavy (non-hydrogen) atoms. The van der Waals surface area contributed by atoms with Crippen molar-refractivity contribution in [1.29, 1.82) is 0 Å². The molecule has 1 unspecified atom stereocenters. The van der Waals surface area contributed by atoms with E-state index >= 15 is 0 Å². The molecule has 3 rings (SSSR count). The van der Waals surface area contributed by atoms with Crippen molar-refractivity contribution in [2.45, 2.75) is 18.3 Å². The number of amides is 2. The molecule has 1 aliphatic rings. The van der Waals surface area contributed by atoms with Crippen molar-refractivity contribution in [3.63, 3.8) is 0 Å². The first kappa shape index (κ1) is 17.6. The van der Waals surface area contributed by atoms with Gasteiger partial charge in [0, 0.05) is 11.6 Å². The van der Waals surface area contributed by atoms with Crippen LogP contribution in [-0.4, -0.2) is 34.3 Å². The molecule has 1 aliphatic heterocycles. The van der Waals surface area contributed by atoms with E-state index in [1.165, 1.54) is 4.90 Å². The van der Waals surface area contributed by atoms with Crippen LogP contribution in [0.3, 0.4) is 0 Å². The van der Waals surface area contributed by atoms with E-state index in [4.69, 9.17) is 23.2 Å². The van der Waals surface area contributed by atoms with Crippen LogP contribution in [0.2, 0.25) is 5.02 Å². The second-order valence-electron chi connectivity index (χ2n) is 5.69. The van der Waals surface area contributed by atoms with Crippen LogP contribution < -0.4 is 0 Å². The summed E-state index contributed by atoms with van der Waals surface area (Å²) in [5, 5.41) is -0.471. The minimum Gasteiger partial charge on any atom is -0.277 e. The van der Waals surface area contributed by atoms with Gasteiger partial charge in [0.25, 0.3) is 11.8 Å². The summed E-state index contributed by atoms with van der Waals surface area (Å²) in [5.74, 6) is -0.839. The number of rotatable bonds is 5. The molecule has 0 radical (unpaired) electrons. The van der Waals surface area contributed by atoms with Gasteiger partial charge in [-0.15, -0.1) is 11.6 Å². The summed E-state index contributed by atoms with van der Waals surface area (Å²) >= 11 is 12.2. The lowest BCUT2D eigenvalue weighted by Crippen LogP contribution is -2.33. The number of hydrogen-bond acceptors (Lipinski definition) is 3. The molecular formula is C19H16Cl2N2O2. The van der Waals surface area contributed by atoms with Crippen LogP contribution in [0.15, 0.2) is 59.6 Å². The lowest BCUT2D eigenvalue weighted by Gasteiger charge is -2.12. The van der Waals surface area contributed by atoms with Gasteiger partial charge in [-0.25, -0.2) is 0 Å². The normalized spacial score (nSPS) is 19.0. The zero-order valence-corrected chi connectivity index (χ0v) is 14.9. The van der Waals surface area contributed by atoms with Crippen molar-refractivity contribution in [2.75, 3.05) is 6.54 Å². The molecule has 0 aromatic heterocycles. The van der Waals surface area contributed by atoms with E-state index in [1.807, 2.05) is 48.5 Å². The topological polar surface area (TPSA) is 49.7 Å². The van der Waals surface area contributed by atoms with E-state index < -0.39 is 17.2 Å². The first-order valence-corrected chi connectivity index (χ1v) is 8.71. The van der Waals surface area contributed by atoms with E-state index in [2.05, 4.69) is 4.99 Å². The summed E-state index contributed by atoms with van der Waals surface area (Å²) in [6, 6.07) is 16.9. The third-order valence-electron chi connectivity index (χ3n) is 4.03. The number of hydrogen-bond donors (Lipinski definition) is 0. The van der Waals surface area contributed by atoms with Crippen molar-refractivity contribution < 1.29 is 9.59 Å². The molecule has 1 heterocycles. The molecule has 2 amide bonds. The van der Waals surface area contributed by atoms with Crippen LogP contribution in [0.4, 0.5) is 0 Å². The van der Waals surface area contributed by atoms with E-state index in [-0.39, 0.29) is 18.8 Å². The maximum Gasteiger partial charge on any atom is 0.276 e. The molecule has 0 aliphatic carbocycles. The second kappa shape index (κ2) is 7.81. The fraction of sp³-hybridized carbons (Fsp3) is 0.211. The zero-order chi connectivity index (χ0) is 17.8. The Kier molecular flexibility index (Phi) is 5.51. The Morgan fingerprint density at radius 2 is 1.68 bits per heavy atom. The number of benzene rings is 2. The molecule has 0 spiro atoms. The number of halogens is 2. The van der Waals surface area contributed by atoms with E-state index in [0.29, 0.717) is 11.4 Å². The Bertz CT molecular complexity index is 821. The smallest absolute Gasteiger partial charge is 0.276 e. The number of carbonyl (C=O) groups is 2. The van der Waals surface area contributed by atoms with Gasteiger partial charge in [0.1, 0.15) is 5.71 Å². The number of carbonyl (C=O) groups excluding carboxylic acids is 2. The van der Waals surface area contributed by atoms with Crippen molar-refractivity contribution in [1.82, 2.24) is 4.90 Å². The molecule has 1 fully saturated rings. The number of likely N-dealkylation sites (tertiary alicyclic amines) is 1.